The van der Waals surface area contributed by atoms with Gasteiger partial charge in [-0.2, -0.15) is 0 Å². The number of nitrogens with one attached hydrogen (secondary N) is 2. The van der Waals surface area contributed by atoms with Gasteiger partial charge in [0, 0.05) is 35.2 Å². The second-order valence-electron chi connectivity index (χ2n) is 4.42. The summed E-state index contributed by atoms with van der Waals surface area (Å²) in [5.74, 6) is 0. The summed E-state index contributed by atoms with van der Waals surface area (Å²) in [6, 6.07) is 6.65. The fraction of sp³-hybridized carbons (Fsp3) is 0. The molecule has 0 saturated heterocycles. The van der Waals surface area contributed by atoms with E-state index in [0.29, 0.717) is 26.8 Å². The van der Waals surface area contributed by atoms with Crippen LogP contribution >= 0.6 is 15.9 Å². The summed E-state index contributed by atoms with van der Waals surface area (Å²) in [4.78, 5) is 6.96. The molecule has 0 aliphatic carbocycles. The van der Waals surface area contributed by atoms with Gasteiger partial charge in [-0.25, -0.2) is 8.42 Å². The number of aromatic amines is 1. The highest BCUT2D eigenvalue weighted by molar-refractivity contribution is 9.10. The lowest BCUT2D eigenvalue weighted by Crippen LogP contribution is -2.13. The van der Waals surface area contributed by atoms with E-state index in [4.69, 9.17) is 5.73 Å². The van der Waals surface area contributed by atoms with Crippen molar-refractivity contribution >= 4 is 48.2 Å². The standard InChI is InChI=1S/C13H11BrN4O2S/c14-10-6-16-4-3-12(10)18-21(19,20)13-7-17-11-2-1-8(15)5-9(11)13/h1-7,17H,15H2,(H,16,18). The van der Waals surface area contributed by atoms with E-state index < -0.39 is 10.0 Å². The number of nitrogen functional groups attached to an aromatic ring is 1. The number of halogens is 1. The smallest absolute Gasteiger partial charge is 0.264 e. The van der Waals surface area contributed by atoms with Gasteiger partial charge in [0.15, 0.2) is 0 Å². The summed E-state index contributed by atoms with van der Waals surface area (Å²) in [6.07, 6.45) is 4.47. The summed E-state index contributed by atoms with van der Waals surface area (Å²) >= 11 is 3.26. The van der Waals surface area contributed by atoms with Gasteiger partial charge in [0.25, 0.3) is 10.0 Å². The summed E-state index contributed by atoms with van der Waals surface area (Å²) in [5, 5.41) is 0.549. The predicted octanol–water partition coefficient (Wildman–Crippen LogP) is 2.71. The average Bonchev–Trinajstić information content (AvgIpc) is 2.85. The van der Waals surface area contributed by atoms with Crippen molar-refractivity contribution in [2.75, 3.05) is 10.5 Å². The summed E-state index contributed by atoms with van der Waals surface area (Å²) in [5.41, 5.74) is 7.36. The first kappa shape index (κ1) is 13.9. The number of fused-ring (bicyclic) bond motifs is 1. The van der Waals surface area contributed by atoms with E-state index in [1.165, 1.54) is 18.6 Å². The molecule has 0 amide bonds. The number of H-pyrrole nitrogens is 1. The van der Waals surface area contributed by atoms with E-state index in [-0.39, 0.29) is 4.90 Å². The number of nitrogens with two attached hydrogens (primary N) is 1. The molecule has 3 rings (SSSR count). The van der Waals surface area contributed by atoms with Crippen LogP contribution in [-0.4, -0.2) is 18.4 Å². The van der Waals surface area contributed by atoms with E-state index >= 15 is 0 Å². The Morgan fingerprint density at radius 1 is 1.29 bits per heavy atom. The van der Waals surface area contributed by atoms with Crippen molar-refractivity contribution in [1.29, 1.82) is 0 Å². The number of anilines is 2. The van der Waals surface area contributed by atoms with Crippen molar-refractivity contribution in [3.8, 4) is 0 Å². The molecule has 21 heavy (non-hydrogen) atoms. The second kappa shape index (κ2) is 5.05. The molecule has 8 heteroatoms. The van der Waals surface area contributed by atoms with Crippen LogP contribution in [0.2, 0.25) is 0 Å². The Balaban J connectivity index is 2.09. The molecule has 0 fully saturated rings. The van der Waals surface area contributed by atoms with Gasteiger partial charge in [0.1, 0.15) is 4.90 Å². The molecule has 2 heterocycles. The van der Waals surface area contributed by atoms with Crippen LogP contribution in [0.3, 0.4) is 0 Å². The molecule has 0 saturated carbocycles. The fourth-order valence-electron chi connectivity index (χ4n) is 1.99. The lowest BCUT2D eigenvalue weighted by Gasteiger charge is -2.08. The minimum atomic E-state index is -3.73. The predicted molar refractivity (Wildman–Crippen MR) is 85.5 cm³/mol. The molecule has 2 aromatic heterocycles. The van der Waals surface area contributed by atoms with Gasteiger partial charge in [0.05, 0.1) is 10.2 Å². The summed E-state index contributed by atoms with van der Waals surface area (Å²) in [6.45, 7) is 0. The molecule has 108 valence electrons. The van der Waals surface area contributed by atoms with Crippen LogP contribution in [0.25, 0.3) is 10.9 Å². The highest BCUT2D eigenvalue weighted by Crippen LogP contribution is 2.28. The van der Waals surface area contributed by atoms with Crippen molar-refractivity contribution in [3.05, 3.63) is 47.3 Å². The van der Waals surface area contributed by atoms with Crippen LogP contribution in [0.1, 0.15) is 0 Å². The molecule has 0 aliphatic heterocycles. The number of hydrogen-bond donors (Lipinski definition) is 3. The van der Waals surface area contributed by atoms with E-state index in [1.54, 1.807) is 24.3 Å². The van der Waals surface area contributed by atoms with Crippen LogP contribution in [0.15, 0.2) is 52.2 Å². The molecule has 0 bridgehead atoms. The molecule has 3 aromatic rings. The maximum atomic E-state index is 12.5. The third kappa shape index (κ3) is 2.59. The topological polar surface area (TPSA) is 101 Å². The van der Waals surface area contributed by atoms with E-state index in [1.807, 2.05) is 0 Å². The van der Waals surface area contributed by atoms with Crippen LogP contribution in [0, 0.1) is 0 Å². The zero-order valence-electron chi connectivity index (χ0n) is 10.7. The Morgan fingerprint density at radius 2 is 2.10 bits per heavy atom. The molecule has 0 radical (unpaired) electrons. The van der Waals surface area contributed by atoms with Gasteiger partial charge in [-0.15, -0.1) is 0 Å². The molecule has 1 aromatic carbocycles. The Kier molecular flexibility index (Phi) is 3.34. The number of rotatable bonds is 3. The molecule has 0 unspecified atom stereocenters. The second-order valence-corrected chi connectivity index (χ2v) is 6.92. The minimum Gasteiger partial charge on any atom is -0.399 e. The van der Waals surface area contributed by atoms with Crippen molar-refractivity contribution in [2.45, 2.75) is 4.90 Å². The molecular weight excluding hydrogens is 356 g/mol. The zero-order chi connectivity index (χ0) is 15.0. The van der Waals surface area contributed by atoms with Crippen LogP contribution in [0.4, 0.5) is 11.4 Å². The molecular formula is C13H11BrN4O2S. The first-order valence-electron chi connectivity index (χ1n) is 5.96. The van der Waals surface area contributed by atoms with Crippen molar-refractivity contribution < 1.29 is 8.42 Å². The van der Waals surface area contributed by atoms with Crippen LogP contribution in [0.5, 0.6) is 0 Å². The number of aromatic nitrogens is 2. The Labute approximate surface area is 129 Å². The monoisotopic (exact) mass is 366 g/mol. The van der Waals surface area contributed by atoms with E-state index in [2.05, 4.69) is 30.6 Å². The average molecular weight is 367 g/mol. The summed E-state index contributed by atoms with van der Waals surface area (Å²) < 4.78 is 28.1. The third-order valence-electron chi connectivity index (χ3n) is 2.97. The number of benzene rings is 1. The van der Waals surface area contributed by atoms with Gasteiger partial charge in [-0.05, 0) is 40.2 Å². The maximum Gasteiger partial charge on any atom is 0.264 e. The van der Waals surface area contributed by atoms with Gasteiger partial charge < -0.3 is 10.7 Å². The molecule has 6 nitrogen and oxygen atoms in total. The zero-order valence-corrected chi connectivity index (χ0v) is 13.1. The normalized spacial score (nSPS) is 11.7. The Bertz CT molecular complexity index is 921. The van der Waals surface area contributed by atoms with E-state index in [9.17, 15) is 8.42 Å². The lowest BCUT2D eigenvalue weighted by atomic mass is 10.2. The third-order valence-corrected chi connectivity index (χ3v) is 5.01. The quantitative estimate of drug-likeness (QED) is 0.620. The van der Waals surface area contributed by atoms with Crippen molar-refractivity contribution in [3.63, 3.8) is 0 Å². The Hall–Kier alpha value is -2.06. The maximum absolute atomic E-state index is 12.5. The number of pyridine rings is 1. The van der Waals surface area contributed by atoms with Crippen molar-refractivity contribution in [1.82, 2.24) is 9.97 Å². The Morgan fingerprint density at radius 3 is 2.86 bits per heavy atom. The van der Waals surface area contributed by atoms with Gasteiger partial charge in [-0.3, -0.25) is 9.71 Å². The SMILES string of the molecule is Nc1ccc2[nH]cc(S(=O)(=O)Nc3ccncc3Br)c2c1. The molecule has 0 atom stereocenters. The van der Waals surface area contributed by atoms with Gasteiger partial charge >= 0.3 is 0 Å². The highest BCUT2D eigenvalue weighted by Gasteiger charge is 2.20. The van der Waals surface area contributed by atoms with Crippen LogP contribution in [-0.2, 0) is 10.0 Å². The number of hydrogen-bond acceptors (Lipinski definition) is 4. The minimum absolute atomic E-state index is 0.147. The molecule has 4 N–H and O–H groups in total. The molecule has 0 spiro atoms. The van der Waals surface area contributed by atoms with Crippen LogP contribution < -0.4 is 10.5 Å². The number of nitrogens with zero attached hydrogens (tertiary/aromatic N) is 1. The first-order valence-corrected chi connectivity index (χ1v) is 8.24. The van der Waals surface area contributed by atoms with Gasteiger partial charge in [0.2, 0.25) is 0 Å². The molecule has 0 aliphatic rings. The summed E-state index contributed by atoms with van der Waals surface area (Å²) in [7, 11) is -3.73. The highest BCUT2D eigenvalue weighted by atomic mass is 79.9. The fourth-order valence-corrected chi connectivity index (χ4v) is 3.72. The lowest BCUT2D eigenvalue weighted by molar-refractivity contribution is 0.602. The van der Waals surface area contributed by atoms with E-state index in [0.717, 1.165) is 0 Å². The largest absolute Gasteiger partial charge is 0.399 e. The van der Waals surface area contributed by atoms with Crippen molar-refractivity contribution in [2.24, 2.45) is 0 Å². The van der Waals surface area contributed by atoms with Gasteiger partial charge in [-0.1, -0.05) is 0 Å². The first-order chi connectivity index (χ1) is 9.97. The number of sulfonamides is 1.